The molecule has 1 aromatic carbocycles. The van der Waals surface area contributed by atoms with Gasteiger partial charge in [0.05, 0.1) is 0 Å². The van der Waals surface area contributed by atoms with Gasteiger partial charge in [-0.05, 0) is 24.6 Å². The minimum Gasteiger partial charge on any atom is -0.480 e. The van der Waals surface area contributed by atoms with Crippen LogP contribution in [0.1, 0.15) is 12.5 Å². The van der Waals surface area contributed by atoms with Crippen molar-refractivity contribution < 1.29 is 14.7 Å². The van der Waals surface area contributed by atoms with E-state index in [1.807, 2.05) is 24.3 Å². The van der Waals surface area contributed by atoms with E-state index in [1.54, 1.807) is 7.05 Å². The Morgan fingerprint density at radius 3 is 2.72 bits per heavy atom. The molecule has 0 saturated heterocycles. The summed E-state index contributed by atoms with van der Waals surface area (Å²) in [6.07, 6.45) is 0. The van der Waals surface area contributed by atoms with Crippen LogP contribution in [0.5, 0.6) is 0 Å². The van der Waals surface area contributed by atoms with Crippen LogP contribution in [0.15, 0.2) is 28.7 Å². The topological polar surface area (TPSA) is 69.6 Å². The summed E-state index contributed by atoms with van der Waals surface area (Å²) in [6.45, 7) is 1.84. The number of carboxylic acid groups (broad SMARTS) is 1. The van der Waals surface area contributed by atoms with Gasteiger partial charge in [0.1, 0.15) is 6.04 Å². The molecule has 0 spiro atoms. The van der Waals surface area contributed by atoms with E-state index in [-0.39, 0.29) is 0 Å². The van der Waals surface area contributed by atoms with Crippen molar-refractivity contribution in [2.24, 2.45) is 0 Å². The summed E-state index contributed by atoms with van der Waals surface area (Å²) in [4.78, 5) is 23.7. The maximum absolute atomic E-state index is 11.7. The Morgan fingerprint density at radius 1 is 1.50 bits per heavy atom. The fraction of sp³-hybridized carbons (Fsp3) is 0.333. The summed E-state index contributed by atoms with van der Waals surface area (Å²) in [5, 5.41) is 11.1. The second kappa shape index (κ2) is 6.39. The van der Waals surface area contributed by atoms with Gasteiger partial charge in [0.25, 0.3) is 0 Å². The zero-order valence-corrected chi connectivity index (χ0v) is 11.8. The van der Waals surface area contributed by atoms with E-state index >= 15 is 0 Å². The van der Waals surface area contributed by atoms with E-state index in [4.69, 9.17) is 5.11 Å². The first kappa shape index (κ1) is 14.5. The molecule has 0 aliphatic carbocycles. The largest absolute Gasteiger partial charge is 0.480 e. The lowest BCUT2D eigenvalue weighted by atomic mass is 10.2. The highest BCUT2D eigenvalue weighted by atomic mass is 79.9. The van der Waals surface area contributed by atoms with Gasteiger partial charge in [-0.2, -0.15) is 0 Å². The highest BCUT2D eigenvalue weighted by Gasteiger charge is 2.16. The molecule has 1 atom stereocenters. The number of aliphatic carboxylic acids is 1. The number of hydrogen-bond acceptors (Lipinski definition) is 2. The zero-order chi connectivity index (χ0) is 13.7. The summed E-state index contributed by atoms with van der Waals surface area (Å²) in [5.74, 6) is -1.06. The quantitative estimate of drug-likeness (QED) is 0.893. The molecule has 1 rings (SSSR count). The highest BCUT2D eigenvalue weighted by molar-refractivity contribution is 9.10. The molecule has 5 nitrogen and oxygen atoms in total. The van der Waals surface area contributed by atoms with E-state index in [0.29, 0.717) is 6.54 Å². The van der Waals surface area contributed by atoms with Gasteiger partial charge in [0, 0.05) is 18.1 Å². The summed E-state index contributed by atoms with van der Waals surface area (Å²) in [6, 6.07) is 6.27. The number of urea groups is 1. The van der Waals surface area contributed by atoms with Gasteiger partial charge in [-0.25, -0.2) is 4.79 Å². The van der Waals surface area contributed by atoms with Crippen LogP contribution in [0, 0.1) is 0 Å². The van der Waals surface area contributed by atoms with Gasteiger partial charge >= 0.3 is 12.0 Å². The Balaban J connectivity index is 2.57. The summed E-state index contributed by atoms with van der Waals surface area (Å²) < 4.78 is 0.938. The minimum atomic E-state index is -1.06. The van der Waals surface area contributed by atoms with Gasteiger partial charge in [-0.15, -0.1) is 0 Å². The lowest BCUT2D eigenvalue weighted by molar-refractivity contribution is -0.138. The Hall–Kier alpha value is -1.56. The zero-order valence-electron chi connectivity index (χ0n) is 10.2. The Kier molecular flexibility index (Phi) is 5.15. The summed E-state index contributed by atoms with van der Waals surface area (Å²) >= 11 is 3.35. The van der Waals surface area contributed by atoms with Crippen LogP contribution in [0.25, 0.3) is 0 Å². The van der Waals surface area contributed by atoms with Gasteiger partial charge in [0.2, 0.25) is 0 Å². The van der Waals surface area contributed by atoms with E-state index in [0.717, 1.165) is 10.0 Å². The van der Waals surface area contributed by atoms with Crippen molar-refractivity contribution >= 4 is 27.9 Å². The van der Waals surface area contributed by atoms with Gasteiger partial charge in [-0.3, -0.25) is 4.79 Å². The number of hydrogen-bond donors (Lipinski definition) is 2. The molecule has 0 aliphatic rings. The number of carbonyl (C=O) groups excluding carboxylic acids is 1. The highest BCUT2D eigenvalue weighted by Crippen LogP contribution is 2.12. The second-order valence-electron chi connectivity index (χ2n) is 4.00. The molecule has 98 valence electrons. The first-order valence-electron chi connectivity index (χ1n) is 5.39. The summed E-state index contributed by atoms with van der Waals surface area (Å²) in [5.41, 5.74) is 0.963. The summed E-state index contributed by atoms with van der Waals surface area (Å²) in [7, 11) is 1.62. The third kappa shape index (κ3) is 4.37. The number of halogens is 1. The lowest BCUT2D eigenvalue weighted by Gasteiger charge is -2.19. The second-order valence-corrected chi connectivity index (χ2v) is 4.91. The van der Waals surface area contributed by atoms with Crippen LogP contribution < -0.4 is 5.32 Å². The van der Waals surface area contributed by atoms with E-state index < -0.39 is 18.0 Å². The lowest BCUT2D eigenvalue weighted by Crippen LogP contribution is -2.44. The van der Waals surface area contributed by atoms with Gasteiger partial charge in [-0.1, -0.05) is 28.1 Å². The number of nitrogens with one attached hydrogen (secondary N) is 1. The number of rotatable bonds is 4. The third-order valence-corrected chi connectivity index (χ3v) is 2.86. The van der Waals surface area contributed by atoms with Crippen LogP contribution >= 0.6 is 15.9 Å². The van der Waals surface area contributed by atoms with Crippen LogP contribution in [-0.4, -0.2) is 35.1 Å². The first-order chi connectivity index (χ1) is 8.40. The number of carboxylic acids is 1. The molecule has 0 unspecified atom stereocenters. The molecule has 18 heavy (non-hydrogen) atoms. The fourth-order valence-electron chi connectivity index (χ4n) is 1.34. The smallest absolute Gasteiger partial charge is 0.325 e. The molecule has 0 aromatic heterocycles. The van der Waals surface area contributed by atoms with Crippen LogP contribution in [0.2, 0.25) is 0 Å². The third-order valence-electron chi connectivity index (χ3n) is 2.37. The van der Waals surface area contributed by atoms with Crippen molar-refractivity contribution in [2.75, 3.05) is 7.05 Å². The van der Waals surface area contributed by atoms with Crippen molar-refractivity contribution in [1.82, 2.24) is 10.2 Å². The number of nitrogens with zero attached hydrogens (tertiary/aromatic N) is 1. The molecule has 0 radical (unpaired) electrons. The fourth-order valence-corrected chi connectivity index (χ4v) is 1.78. The van der Waals surface area contributed by atoms with Crippen LogP contribution in [0.4, 0.5) is 4.79 Å². The maximum Gasteiger partial charge on any atom is 0.325 e. The average Bonchev–Trinajstić information content (AvgIpc) is 2.28. The molecule has 0 heterocycles. The van der Waals surface area contributed by atoms with Crippen molar-refractivity contribution in [3.8, 4) is 0 Å². The Morgan fingerprint density at radius 2 is 2.17 bits per heavy atom. The molecule has 2 amide bonds. The van der Waals surface area contributed by atoms with Crippen molar-refractivity contribution in [2.45, 2.75) is 19.5 Å². The molecule has 6 heteroatoms. The minimum absolute atomic E-state index is 0.412. The van der Waals surface area contributed by atoms with Gasteiger partial charge in [0.15, 0.2) is 0 Å². The maximum atomic E-state index is 11.7. The number of benzene rings is 1. The van der Waals surface area contributed by atoms with Crippen LogP contribution in [-0.2, 0) is 11.3 Å². The van der Waals surface area contributed by atoms with Crippen molar-refractivity contribution in [3.05, 3.63) is 34.3 Å². The predicted octanol–water partition coefficient (Wildman–Crippen LogP) is 2.06. The Labute approximate surface area is 114 Å². The first-order valence-corrected chi connectivity index (χ1v) is 6.18. The predicted molar refractivity (Wildman–Crippen MR) is 71.2 cm³/mol. The molecule has 0 fully saturated rings. The van der Waals surface area contributed by atoms with E-state index in [9.17, 15) is 9.59 Å². The molecule has 0 saturated carbocycles. The van der Waals surface area contributed by atoms with E-state index in [1.165, 1.54) is 11.8 Å². The molecule has 0 aliphatic heterocycles. The van der Waals surface area contributed by atoms with Crippen molar-refractivity contribution in [3.63, 3.8) is 0 Å². The van der Waals surface area contributed by atoms with E-state index in [2.05, 4.69) is 21.2 Å². The SMILES string of the molecule is C[C@@H](NC(=O)N(C)Cc1cccc(Br)c1)C(=O)O. The average molecular weight is 315 g/mol. The monoisotopic (exact) mass is 314 g/mol. The van der Waals surface area contributed by atoms with Crippen LogP contribution in [0.3, 0.4) is 0 Å². The molecule has 2 N–H and O–H groups in total. The number of amides is 2. The Bertz CT molecular complexity index is 451. The molecular formula is C12H15BrN2O3. The van der Waals surface area contributed by atoms with Crippen molar-refractivity contribution in [1.29, 1.82) is 0 Å². The van der Waals surface area contributed by atoms with Gasteiger partial charge < -0.3 is 15.3 Å². The standard InChI is InChI=1S/C12H15BrN2O3/c1-8(11(16)17)14-12(18)15(2)7-9-4-3-5-10(13)6-9/h3-6,8H,7H2,1-2H3,(H,14,18)(H,16,17)/t8-/m1/s1. The number of carbonyl (C=O) groups is 2. The molecular weight excluding hydrogens is 300 g/mol. The molecule has 0 bridgehead atoms. The normalized spacial score (nSPS) is 11.7. The molecule has 1 aromatic rings.